The molecule has 2 aromatic carbocycles. The highest BCUT2D eigenvalue weighted by Gasteiger charge is 2.22. The summed E-state index contributed by atoms with van der Waals surface area (Å²) < 4.78 is 5.47. The topological polar surface area (TPSA) is 51.2 Å². The number of ether oxygens (including phenoxy) is 1. The van der Waals surface area contributed by atoms with E-state index in [1.54, 1.807) is 6.20 Å². The molecule has 1 heterocycles. The van der Waals surface area contributed by atoms with Gasteiger partial charge in [0.05, 0.1) is 11.6 Å². The molecule has 0 saturated heterocycles. The van der Waals surface area contributed by atoms with Crippen LogP contribution in [0.4, 0.5) is 4.79 Å². The lowest BCUT2D eigenvalue weighted by Crippen LogP contribution is -2.35. The van der Waals surface area contributed by atoms with Gasteiger partial charge in [-0.3, -0.25) is 4.98 Å². The second-order valence-corrected chi connectivity index (χ2v) is 7.31. The van der Waals surface area contributed by atoms with Gasteiger partial charge in [0.1, 0.15) is 5.60 Å². The van der Waals surface area contributed by atoms with Crippen molar-refractivity contribution >= 4 is 17.0 Å². The molecule has 4 heteroatoms. The number of alkyl carbamates (subject to hydrolysis) is 1. The molecule has 1 N–H and O–H groups in total. The Kier molecular flexibility index (Phi) is 5.21. The zero-order valence-corrected chi connectivity index (χ0v) is 15.4. The Balaban J connectivity index is 1.95. The smallest absolute Gasteiger partial charge is 0.408 e. The van der Waals surface area contributed by atoms with E-state index in [0.717, 1.165) is 22.0 Å². The summed E-state index contributed by atoms with van der Waals surface area (Å²) in [5.41, 5.74) is 2.55. The van der Waals surface area contributed by atoms with Crippen molar-refractivity contribution in [1.29, 1.82) is 0 Å². The van der Waals surface area contributed by atoms with Gasteiger partial charge in [0, 0.05) is 11.6 Å². The van der Waals surface area contributed by atoms with Gasteiger partial charge in [0.25, 0.3) is 0 Å². The van der Waals surface area contributed by atoms with Crippen molar-refractivity contribution in [1.82, 2.24) is 10.3 Å². The van der Waals surface area contributed by atoms with Crippen molar-refractivity contribution in [3.8, 4) is 0 Å². The average molecular weight is 348 g/mol. The first-order valence-electron chi connectivity index (χ1n) is 8.79. The van der Waals surface area contributed by atoms with Crippen LogP contribution >= 0.6 is 0 Å². The van der Waals surface area contributed by atoms with Crippen molar-refractivity contribution in [2.45, 2.75) is 38.8 Å². The summed E-state index contributed by atoms with van der Waals surface area (Å²) in [6.45, 7) is 5.59. The minimum atomic E-state index is -0.540. The number of hydrogen-bond acceptors (Lipinski definition) is 3. The van der Waals surface area contributed by atoms with E-state index in [0.29, 0.717) is 6.42 Å². The van der Waals surface area contributed by atoms with Crippen LogP contribution in [0.3, 0.4) is 0 Å². The number of aromatic nitrogens is 1. The third kappa shape index (κ3) is 4.60. The number of amides is 1. The van der Waals surface area contributed by atoms with Crippen LogP contribution in [-0.2, 0) is 11.2 Å². The fourth-order valence-electron chi connectivity index (χ4n) is 2.96. The Hall–Kier alpha value is -2.88. The zero-order valence-electron chi connectivity index (χ0n) is 15.4. The predicted molar refractivity (Wildman–Crippen MR) is 104 cm³/mol. The number of nitrogens with one attached hydrogen (secondary N) is 1. The summed E-state index contributed by atoms with van der Waals surface area (Å²) in [7, 11) is 0. The van der Waals surface area contributed by atoms with Gasteiger partial charge < -0.3 is 10.1 Å². The number of rotatable bonds is 4. The van der Waals surface area contributed by atoms with E-state index >= 15 is 0 Å². The quantitative estimate of drug-likeness (QED) is 0.718. The molecule has 1 aromatic heterocycles. The summed E-state index contributed by atoms with van der Waals surface area (Å²) >= 11 is 0. The monoisotopic (exact) mass is 348 g/mol. The van der Waals surface area contributed by atoms with Gasteiger partial charge in [0.15, 0.2) is 0 Å². The number of hydrogen-bond donors (Lipinski definition) is 1. The van der Waals surface area contributed by atoms with Crippen molar-refractivity contribution in [3.05, 3.63) is 78.0 Å². The van der Waals surface area contributed by atoms with Crippen LogP contribution in [0.25, 0.3) is 10.9 Å². The molecule has 3 aromatic rings. The van der Waals surface area contributed by atoms with Crippen LogP contribution in [0.5, 0.6) is 0 Å². The minimum absolute atomic E-state index is 0.208. The second-order valence-electron chi connectivity index (χ2n) is 7.31. The Labute approximate surface area is 154 Å². The molecule has 0 aliphatic carbocycles. The third-order valence-electron chi connectivity index (χ3n) is 4.03. The van der Waals surface area contributed by atoms with E-state index in [9.17, 15) is 4.79 Å². The number of carbonyl (C=O) groups excluding carboxylic acids is 1. The molecule has 0 fully saturated rings. The predicted octanol–water partition coefficient (Wildman–Crippen LogP) is 5.04. The molecule has 1 unspecified atom stereocenters. The molecule has 0 bridgehead atoms. The van der Waals surface area contributed by atoms with Crippen molar-refractivity contribution in [3.63, 3.8) is 0 Å². The van der Waals surface area contributed by atoms with Crippen LogP contribution < -0.4 is 5.32 Å². The summed E-state index contributed by atoms with van der Waals surface area (Å²) in [5, 5.41) is 4.08. The highest BCUT2D eigenvalue weighted by atomic mass is 16.6. The van der Waals surface area contributed by atoms with Crippen LogP contribution in [0.1, 0.15) is 37.9 Å². The van der Waals surface area contributed by atoms with E-state index in [2.05, 4.69) is 22.4 Å². The number of carbonyl (C=O) groups is 1. The molecule has 26 heavy (non-hydrogen) atoms. The van der Waals surface area contributed by atoms with Crippen LogP contribution in [0.15, 0.2) is 66.9 Å². The Morgan fingerprint density at radius 3 is 2.46 bits per heavy atom. The Bertz CT molecular complexity index is 880. The van der Waals surface area contributed by atoms with Gasteiger partial charge in [-0.1, -0.05) is 48.5 Å². The largest absolute Gasteiger partial charge is 0.444 e. The van der Waals surface area contributed by atoms with Crippen LogP contribution in [-0.4, -0.2) is 16.7 Å². The van der Waals surface area contributed by atoms with E-state index in [4.69, 9.17) is 4.74 Å². The number of nitrogens with zero attached hydrogens (tertiary/aromatic N) is 1. The molecule has 3 rings (SSSR count). The first-order chi connectivity index (χ1) is 12.4. The maximum absolute atomic E-state index is 12.4. The summed E-state index contributed by atoms with van der Waals surface area (Å²) in [4.78, 5) is 16.8. The molecule has 0 spiro atoms. The minimum Gasteiger partial charge on any atom is -0.444 e. The molecule has 0 aliphatic heterocycles. The molecule has 134 valence electrons. The lowest BCUT2D eigenvalue weighted by molar-refractivity contribution is 0.0504. The summed E-state index contributed by atoms with van der Waals surface area (Å²) in [6, 6.07) is 19.8. The van der Waals surface area contributed by atoms with E-state index in [1.165, 1.54) is 0 Å². The van der Waals surface area contributed by atoms with Crippen molar-refractivity contribution in [2.75, 3.05) is 0 Å². The van der Waals surface area contributed by atoms with Gasteiger partial charge in [-0.15, -0.1) is 0 Å². The second kappa shape index (κ2) is 7.56. The molecular weight excluding hydrogens is 324 g/mol. The number of para-hydroxylation sites is 1. The highest BCUT2D eigenvalue weighted by Crippen LogP contribution is 2.26. The number of benzene rings is 2. The number of fused-ring (bicyclic) bond motifs is 1. The Morgan fingerprint density at radius 2 is 1.73 bits per heavy atom. The lowest BCUT2D eigenvalue weighted by Gasteiger charge is -2.24. The van der Waals surface area contributed by atoms with E-state index < -0.39 is 11.7 Å². The van der Waals surface area contributed by atoms with Gasteiger partial charge in [-0.05, 0) is 50.5 Å². The lowest BCUT2D eigenvalue weighted by atomic mass is 9.96. The standard InChI is InChI=1S/C22H24N2O2/c1-22(2,3)26-21(25)24-20(15-16-9-5-4-6-10-16)18-13-14-23-19-12-8-7-11-17(18)19/h4-14,20H,15H2,1-3H3,(H,24,25). The molecule has 0 aliphatic rings. The maximum Gasteiger partial charge on any atom is 0.408 e. The fourth-order valence-corrected chi connectivity index (χ4v) is 2.96. The van der Waals surface area contributed by atoms with E-state index in [1.807, 2.05) is 69.3 Å². The molecule has 4 nitrogen and oxygen atoms in total. The average Bonchev–Trinajstić information content (AvgIpc) is 2.60. The first-order valence-corrected chi connectivity index (χ1v) is 8.79. The molecule has 0 saturated carbocycles. The van der Waals surface area contributed by atoms with E-state index in [-0.39, 0.29) is 6.04 Å². The first kappa shape index (κ1) is 17.9. The van der Waals surface area contributed by atoms with Gasteiger partial charge >= 0.3 is 6.09 Å². The van der Waals surface area contributed by atoms with Gasteiger partial charge in [-0.2, -0.15) is 0 Å². The third-order valence-corrected chi connectivity index (χ3v) is 4.03. The molecule has 1 atom stereocenters. The maximum atomic E-state index is 12.4. The normalized spacial score (nSPS) is 12.6. The SMILES string of the molecule is CC(C)(C)OC(=O)NC(Cc1ccccc1)c1ccnc2ccccc12. The summed E-state index contributed by atoms with van der Waals surface area (Å²) in [5.74, 6) is 0. The van der Waals surface area contributed by atoms with Gasteiger partial charge in [-0.25, -0.2) is 4.79 Å². The fraction of sp³-hybridized carbons (Fsp3) is 0.273. The van der Waals surface area contributed by atoms with Gasteiger partial charge in [0.2, 0.25) is 0 Å². The molecule has 0 radical (unpaired) electrons. The van der Waals surface area contributed by atoms with Crippen LogP contribution in [0, 0.1) is 0 Å². The molecule has 1 amide bonds. The van der Waals surface area contributed by atoms with Crippen LogP contribution in [0.2, 0.25) is 0 Å². The summed E-state index contributed by atoms with van der Waals surface area (Å²) in [6.07, 6.45) is 2.04. The van der Waals surface area contributed by atoms with Crippen molar-refractivity contribution in [2.24, 2.45) is 0 Å². The Morgan fingerprint density at radius 1 is 1.04 bits per heavy atom. The molecular formula is C22H24N2O2. The zero-order chi connectivity index (χ0) is 18.6. The highest BCUT2D eigenvalue weighted by molar-refractivity contribution is 5.83. The van der Waals surface area contributed by atoms with Crippen molar-refractivity contribution < 1.29 is 9.53 Å². The number of pyridine rings is 1.